The van der Waals surface area contributed by atoms with Gasteiger partial charge in [0.15, 0.2) is 5.71 Å². The molecule has 0 fully saturated rings. The van der Waals surface area contributed by atoms with Crippen molar-refractivity contribution in [2.24, 2.45) is 20.5 Å². The third-order valence-corrected chi connectivity index (χ3v) is 4.75. The first-order chi connectivity index (χ1) is 13.3. The molecule has 1 aliphatic heterocycles. The lowest BCUT2D eigenvalue weighted by atomic mass is 10.1. The van der Waals surface area contributed by atoms with Gasteiger partial charge in [-0.05, 0) is 36.4 Å². The number of nitrogens with zero attached hydrogens (tertiary/aromatic N) is 4. The van der Waals surface area contributed by atoms with Crippen LogP contribution in [-0.2, 0) is 19.6 Å². The van der Waals surface area contributed by atoms with E-state index in [0.29, 0.717) is 5.69 Å². The van der Waals surface area contributed by atoms with Crippen LogP contribution in [0.5, 0.6) is 0 Å². The van der Waals surface area contributed by atoms with E-state index >= 15 is 0 Å². The van der Waals surface area contributed by atoms with Crippen LogP contribution in [0.4, 0.5) is 11.4 Å². The normalized spacial score (nSPS) is 17.1. The van der Waals surface area contributed by atoms with Crippen LogP contribution in [0, 0.1) is 0 Å². The van der Waals surface area contributed by atoms with Crippen molar-refractivity contribution in [3.63, 3.8) is 0 Å². The van der Waals surface area contributed by atoms with Crippen molar-refractivity contribution in [1.82, 2.24) is 5.32 Å². The summed E-state index contributed by atoms with van der Waals surface area (Å²) in [5, 5.41) is 20.5. The highest BCUT2D eigenvalue weighted by atomic mass is 32.2. The Morgan fingerprint density at radius 3 is 2.36 bits per heavy atom. The van der Waals surface area contributed by atoms with E-state index in [9.17, 15) is 18.0 Å². The minimum atomic E-state index is -3.83. The number of nitrogens with two attached hydrogens (primary N) is 1. The number of sulfonamides is 1. The van der Waals surface area contributed by atoms with Gasteiger partial charge in [0.25, 0.3) is 11.8 Å². The van der Waals surface area contributed by atoms with Gasteiger partial charge < -0.3 is 5.32 Å². The number of azo groups is 1. The Hall–Kier alpha value is -3.44. The Morgan fingerprint density at radius 1 is 1.14 bits per heavy atom. The molecule has 11 heteroatoms. The number of benzene rings is 2. The molecule has 10 nitrogen and oxygen atoms in total. The van der Waals surface area contributed by atoms with Gasteiger partial charge in [0.2, 0.25) is 16.1 Å². The second-order valence-electron chi connectivity index (χ2n) is 5.71. The molecule has 1 aliphatic rings. The topological polar surface area (TPSA) is 147 Å². The summed E-state index contributed by atoms with van der Waals surface area (Å²) in [7, 11) is -2.41. The summed E-state index contributed by atoms with van der Waals surface area (Å²) in [5.41, 5.74) is 0.681. The van der Waals surface area contributed by atoms with Crippen LogP contribution >= 0.6 is 0 Å². The molecule has 0 radical (unpaired) electrons. The maximum absolute atomic E-state index is 12.7. The van der Waals surface area contributed by atoms with Crippen molar-refractivity contribution in [1.29, 1.82) is 0 Å². The summed E-state index contributed by atoms with van der Waals surface area (Å²) in [6.45, 7) is 0. The summed E-state index contributed by atoms with van der Waals surface area (Å²) in [6.07, 6.45) is 0. The van der Waals surface area contributed by atoms with E-state index < -0.39 is 27.9 Å². The molecule has 1 heterocycles. The zero-order valence-corrected chi connectivity index (χ0v) is 15.5. The van der Waals surface area contributed by atoms with Gasteiger partial charge in [-0.25, -0.2) is 13.6 Å². The lowest BCUT2D eigenvalue weighted by Crippen LogP contribution is -2.37. The molecular weight excluding hydrogens is 384 g/mol. The SMILES string of the molecule is CNC(=O)C1=NN(c2ccccc2)C(=O)C1N=Nc1ccc(S(N)(=O)=O)cc1. The van der Waals surface area contributed by atoms with Crippen LogP contribution in [0.3, 0.4) is 0 Å². The Bertz CT molecular complexity index is 1060. The lowest BCUT2D eigenvalue weighted by Gasteiger charge is -2.11. The van der Waals surface area contributed by atoms with Gasteiger partial charge in [-0.2, -0.15) is 20.3 Å². The Kier molecular flexibility index (Phi) is 5.29. The molecule has 0 saturated heterocycles. The fraction of sp³-hybridized carbons (Fsp3) is 0.118. The summed E-state index contributed by atoms with van der Waals surface area (Å²) in [5.74, 6) is -1.09. The van der Waals surface area contributed by atoms with E-state index in [1.807, 2.05) is 0 Å². The van der Waals surface area contributed by atoms with E-state index in [1.165, 1.54) is 31.3 Å². The minimum absolute atomic E-state index is 0.0775. The second kappa shape index (κ2) is 7.66. The van der Waals surface area contributed by atoms with E-state index in [0.717, 1.165) is 5.01 Å². The van der Waals surface area contributed by atoms with Gasteiger partial charge in [0.1, 0.15) is 0 Å². The molecule has 0 saturated carbocycles. The molecule has 0 aromatic heterocycles. The quantitative estimate of drug-likeness (QED) is 0.719. The first-order valence-electron chi connectivity index (χ1n) is 8.04. The van der Waals surface area contributed by atoms with Crippen molar-refractivity contribution in [3.05, 3.63) is 54.6 Å². The number of nitrogens with one attached hydrogen (secondary N) is 1. The Morgan fingerprint density at radius 2 is 1.79 bits per heavy atom. The van der Waals surface area contributed by atoms with E-state index in [2.05, 4.69) is 20.6 Å². The van der Waals surface area contributed by atoms with Gasteiger partial charge in [0.05, 0.1) is 16.3 Å². The monoisotopic (exact) mass is 400 g/mol. The number of carbonyl (C=O) groups is 2. The molecule has 0 bridgehead atoms. The van der Waals surface area contributed by atoms with Crippen molar-refractivity contribution < 1.29 is 18.0 Å². The molecule has 2 aromatic carbocycles. The van der Waals surface area contributed by atoms with Crippen LogP contribution in [0.2, 0.25) is 0 Å². The van der Waals surface area contributed by atoms with Crippen molar-refractivity contribution in [3.8, 4) is 0 Å². The second-order valence-corrected chi connectivity index (χ2v) is 7.27. The zero-order valence-electron chi connectivity index (χ0n) is 14.7. The van der Waals surface area contributed by atoms with Crippen molar-refractivity contribution in [2.75, 3.05) is 12.1 Å². The maximum Gasteiger partial charge on any atom is 0.280 e. The number of anilines is 1. The highest BCUT2D eigenvalue weighted by molar-refractivity contribution is 7.89. The highest BCUT2D eigenvalue weighted by Crippen LogP contribution is 2.23. The van der Waals surface area contributed by atoms with Crippen molar-refractivity contribution >= 4 is 38.9 Å². The van der Waals surface area contributed by atoms with E-state index in [4.69, 9.17) is 5.14 Å². The average molecular weight is 400 g/mol. The molecule has 2 amide bonds. The first kappa shape index (κ1) is 19.3. The van der Waals surface area contributed by atoms with Crippen LogP contribution < -0.4 is 15.5 Å². The highest BCUT2D eigenvalue weighted by Gasteiger charge is 2.40. The smallest absolute Gasteiger partial charge is 0.280 e. The third-order valence-electron chi connectivity index (χ3n) is 3.82. The fourth-order valence-electron chi connectivity index (χ4n) is 2.43. The number of carbonyl (C=O) groups excluding carboxylic acids is 2. The third kappa shape index (κ3) is 3.94. The predicted molar refractivity (Wildman–Crippen MR) is 102 cm³/mol. The summed E-state index contributed by atoms with van der Waals surface area (Å²) in [6, 6.07) is 12.7. The van der Waals surface area contributed by atoms with E-state index in [1.54, 1.807) is 30.3 Å². The van der Waals surface area contributed by atoms with Crippen LogP contribution in [0.25, 0.3) is 0 Å². The number of hydrogen-bond donors (Lipinski definition) is 2. The number of rotatable bonds is 5. The summed E-state index contributed by atoms with van der Waals surface area (Å²) in [4.78, 5) is 24.8. The van der Waals surface area contributed by atoms with Gasteiger partial charge in [-0.3, -0.25) is 9.59 Å². The average Bonchev–Trinajstić information content (AvgIpc) is 3.02. The molecular formula is C17H16N6O4S. The number of hydrogen-bond acceptors (Lipinski definition) is 7. The van der Waals surface area contributed by atoms with Crippen LogP contribution in [-0.4, -0.2) is 39.0 Å². The first-order valence-corrected chi connectivity index (χ1v) is 9.59. The number of para-hydroxylation sites is 1. The minimum Gasteiger partial charge on any atom is -0.354 e. The van der Waals surface area contributed by atoms with E-state index in [-0.39, 0.29) is 16.3 Å². The fourth-order valence-corrected chi connectivity index (χ4v) is 2.94. The van der Waals surface area contributed by atoms with Crippen molar-refractivity contribution in [2.45, 2.75) is 10.9 Å². The molecule has 28 heavy (non-hydrogen) atoms. The molecule has 3 rings (SSSR count). The largest absolute Gasteiger partial charge is 0.354 e. The standard InChI is InChI=1S/C17H16N6O4S/c1-19-16(24)14-15(17(25)23(22-14)12-5-3-2-4-6-12)21-20-11-7-9-13(10-8-11)28(18,26)27/h2-10,15H,1H3,(H,19,24)(H2,18,26,27). The number of primary sulfonamides is 1. The van der Waals surface area contributed by atoms with Gasteiger partial charge in [-0.1, -0.05) is 18.2 Å². The lowest BCUT2D eigenvalue weighted by molar-refractivity contribution is -0.119. The molecule has 3 N–H and O–H groups in total. The molecule has 144 valence electrons. The number of amides is 2. The molecule has 2 aromatic rings. The molecule has 0 aliphatic carbocycles. The maximum atomic E-state index is 12.7. The zero-order chi connectivity index (χ0) is 20.3. The summed E-state index contributed by atoms with van der Waals surface area (Å²) < 4.78 is 22.6. The van der Waals surface area contributed by atoms with Crippen LogP contribution in [0.15, 0.2) is 74.8 Å². The number of hydrazone groups is 1. The van der Waals surface area contributed by atoms with Gasteiger partial charge >= 0.3 is 0 Å². The Labute approximate surface area is 160 Å². The van der Waals surface area contributed by atoms with Crippen LogP contribution in [0.1, 0.15) is 0 Å². The predicted octanol–water partition coefficient (Wildman–Crippen LogP) is 0.935. The Balaban J connectivity index is 1.89. The summed E-state index contributed by atoms with van der Waals surface area (Å²) >= 11 is 0. The molecule has 1 unspecified atom stereocenters. The molecule has 1 atom stereocenters. The van der Waals surface area contributed by atoms with Gasteiger partial charge in [0, 0.05) is 7.05 Å². The molecule has 0 spiro atoms. The van der Waals surface area contributed by atoms with Gasteiger partial charge in [-0.15, -0.1) is 0 Å².